The first-order valence-corrected chi connectivity index (χ1v) is 16.0. The summed E-state index contributed by atoms with van der Waals surface area (Å²) in [4.78, 5) is 29.4. The molecule has 0 saturated carbocycles. The molecule has 0 aromatic heterocycles. The molecule has 1 N–H and O–H groups in total. The van der Waals surface area contributed by atoms with E-state index in [4.69, 9.17) is 23.2 Å². The lowest BCUT2D eigenvalue weighted by Gasteiger charge is -2.34. The molecule has 4 aromatic rings. The van der Waals surface area contributed by atoms with Crippen LogP contribution in [0.3, 0.4) is 0 Å². The minimum absolute atomic E-state index is 0.0105. The summed E-state index contributed by atoms with van der Waals surface area (Å²) in [6.45, 7) is 3.60. The fraction of sp³-hybridized carbons (Fsp3) is 0.212. The second kappa shape index (κ2) is 14.6. The predicted octanol–water partition coefficient (Wildman–Crippen LogP) is 6.27. The van der Waals surface area contributed by atoms with Gasteiger partial charge in [0.15, 0.2) is 0 Å². The van der Waals surface area contributed by atoms with Gasteiger partial charge in [0.2, 0.25) is 11.8 Å². The number of hydrogen-bond acceptors (Lipinski definition) is 4. The minimum Gasteiger partial charge on any atom is -0.355 e. The molecule has 0 aliphatic carbocycles. The fourth-order valence-electron chi connectivity index (χ4n) is 4.77. The van der Waals surface area contributed by atoms with Crippen LogP contribution < -0.4 is 9.62 Å². The largest absolute Gasteiger partial charge is 0.355 e. The molecule has 0 bridgehead atoms. The Hall–Kier alpha value is -3.85. The Morgan fingerprint density at radius 1 is 0.837 bits per heavy atom. The molecule has 0 fully saturated rings. The molecule has 0 radical (unpaired) electrons. The molecule has 10 heteroatoms. The fourth-order valence-corrected chi connectivity index (χ4v) is 6.78. The van der Waals surface area contributed by atoms with Gasteiger partial charge in [-0.05, 0) is 55.3 Å². The van der Waals surface area contributed by atoms with Gasteiger partial charge in [0.1, 0.15) is 12.6 Å². The third-order valence-electron chi connectivity index (χ3n) is 6.85. The summed E-state index contributed by atoms with van der Waals surface area (Å²) >= 11 is 12.6. The Kier molecular flexibility index (Phi) is 10.9. The second-order valence-corrected chi connectivity index (χ2v) is 12.7. The highest BCUT2D eigenvalue weighted by Crippen LogP contribution is 2.33. The number of carbonyl (C=O) groups is 2. The zero-order chi connectivity index (χ0) is 31.0. The predicted molar refractivity (Wildman–Crippen MR) is 172 cm³/mol. The van der Waals surface area contributed by atoms with Gasteiger partial charge in [0.25, 0.3) is 10.0 Å². The van der Waals surface area contributed by atoms with Gasteiger partial charge in [0, 0.05) is 24.5 Å². The third kappa shape index (κ3) is 8.16. The molecule has 4 rings (SSSR count). The maximum Gasteiger partial charge on any atom is 0.264 e. The van der Waals surface area contributed by atoms with E-state index in [1.807, 2.05) is 61.5 Å². The Balaban J connectivity index is 1.81. The number of carbonyl (C=O) groups excluding carboxylic acids is 2. The summed E-state index contributed by atoms with van der Waals surface area (Å²) in [6.07, 6.45) is 0.233. The monoisotopic (exact) mass is 637 g/mol. The van der Waals surface area contributed by atoms with Gasteiger partial charge in [-0.2, -0.15) is 0 Å². The Morgan fingerprint density at radius 2 is 1.49 bits per heavy atom. The van der Waals surface area contributed by atoms with Gasteiger partial charge in [-0.25, -0.2) is 8.42 Å². The number of hydrogen-bond donors (Lipinski definition) is 1. The molecule has 0 spiro atoms. The van der Waals surface area contributed by atoms with E-state index in [2.05, 4.69) is 5.32 Å². The Bertz CT molecular complexity index is 1670. The number of anilines is 1. The number of nitrogens with one attached hydrogen (secondary N) is 1. The van der Waals surface area contributed by atoms with Crippen LogP contribution in [0.2, 0.25) is 10.0 Å². The maximum absolute atomic E-state index is 14.4. The van der Waals surface area contributed by atoms with Crippen molar-refractivity contribution in [3.63, 3.8) is 0 Å². The lowest BCUT2D eigenvalue weighted by atomic mass is 10.0. The number of sulfonamides is 1. The van der Waals surface area contributed by atoms with Crippen molar-refractivity contribution in [2.45, 2.75) is 37.8 Å². The summed E-state index contributed by atoms with van der Waals surface area (Å²) in [5, 5.41) is 3.24. The number of nitrogens with zero attached hydrogens (tertiary/aromatic N) is 2. The molecule has 0 unspecified atom stereocenters. The first-order chi connectivity index (χ1) is 20.6. The molecule has 224 valence electrons. The maximum atomic E-state index is 14.4. The average molecular weight is 639 g/mol. The van der Waals surface area contributed by atoms with E-state index in [-0.39, 0.29) is 34.5 Å². The van der Waals surface area contributed by atoms with Crippen molar-refractivity contribution in [1.29, 1.82) is 0 Å². The Morgan fingerprint density at radius 3 is 2.12 bits per heavy atom. The van der Waals surface area contributed by atoms with Crippen LogP contribution in [0.25, 0.3) is 0 Å². The van der Waals surface area contributed by atoms with Gasteiger partial charge < -0.3 is 10.2 Å². The number of rotatable bonds is 12. The van der Waals surface area contributed by atoms with Crippen molar-refractivity contribution in [2.75, 3.05) is 17.4 Å². The number of halogens is 2. The van der Waals surface area contributed by atoms with Gasteiger partial charge in [-0.15, -0.1) is 0 Å². The lowest BCUT2D eigenvalue weighted by molar-refractivity contribution is -0.140. The molecule has 43 heavy (non-hydrogen) atoms. The molecule has 0 aliphatic rings. The van der Waals surface area contributed by atoms with E-state index in [9.17, 15) is 18.0 Å². The molecule has 2 amide bonds. The number of benzene rings is 4. The SMILES string of the molecule is CCNC(=O)[C@H](Cc1ccccc1)N(Cc1cccc(C)c1)C(=O)CN(c1ccc(Cl)cc1Cl)S(=O)(=O)c1ccccc1. The summed E-state index contributed by atoms with van der Waals surface area (Å²) in [6, 6.07) is 28.3. The second-order valence-electron chi connectivity index (χ2n) is 10.0. The van der Waals surface area contributed by atoms with Crippen LogP contribution in [0.15, 0.2) is 108 Å². The number of aryl methyl sites for hydroxylation is 1. The van der Waals surface area contributed by atoms with Crippen molar-refractivity contribution in [2.24, 2.45) is 0 Å². The average Bonchev–Trinajstić information content (AvgIpc) is 2.99. The summed E-state index contributed by atoms with van der Waals surface area (Å²) in [5.41, 5.74) is 2.74. The van der Waals surface area contributed by atoms with Crippen molar-refractivity contribution in [3.8, 4) is 0 Å². The molecular weight excluding hydrogens is 605 g/mol. The smallest absolute Gasteiger partial charge is 0.264 e. The first-order valence-electron chi connectivity index (χ1n) is 13.8. The van der Waals surface area contributed by atoms with E-state index in [0.717, 1.165) is 21.0 Å². The molecule has 7 nitrogen and oxygen atoms in total. The van der Waals surface area contributed by atoms with Crippen molar-refractivity contribution in [1.82, 2.24) is 10.2 Å². The zero-order valence-electron chi connectivity index (χ0n) is 23.9. The van der Waals surface area contributed by atoms with Crippen molar-refractivity contribution in [3.05, 3.63) is 130 Å². The third-order valence-corrected chi connectivity index (χ3v) is 9.16. The van der Waals surface area contributed by atoms with Crippen LogP contribution >= 0.6 is 23.2 Å². The number of amides is 2. The van der Waals surface area contributed by atoms with E-state index in [1.165, 1.54) is 35.2 Å². The number of likely N-dealkylation sites (N-methyl/N-ethyl adjacent to an activating group) is 1. The molecule has 0 aliphatic heterocycles. The standard InChI is InChI=1S/C33H33Cl2N3O4S/c1-3-36-33(40)31(20-25-12-6-4-7-13-25)37(22-26-14-10-11-24(2)19-26)32(39)23-38(30-18-17-27(34)21-29(30)35)43(41,42)28-15-8-5-9-16-28/h4-19,21,31H,3,20,22-23H2,1-2H3,(H,36,40)/t31-/m0/s1. The highest BCUT2D eigenvalue weighted by atomic mass is 35.5. The van der Waals surface area contributed by atoms with Gasteiger partial charge in [-0.1, -0.05) is 102 Å². The summed E-state index contributed by atoms with van der Waals surface area (Å²) in [7, 11) is -4.25. The first kappa shape index (κ1) is 32.1. The van der Waals surface area contributed by atoms with E-state index >= 15 is 0 Å². The van der Waals surface area contributed by atoms with Crippen molar-refractivity contribution < 1.29 is 18.0 Å². The van der Waals surface area contributed by atoms with Gasteiger partial charge in [0.05, 0.1) is 15.6 Å². The van der Waals surface area contributed by atoms with Crippen LogP contribution in [0.1, 0.15) is 23.6 Å². The van der Waals surface area contributed by atoms with Crippen molar-refractivity contribution >= 4 is 50.7 Å². The van der Waals surface area contributed by atoms with Crippen LogP contribution in [0.4, 0.5) is 5.69 Å². The summed E-state index contributed by atoms with van der Waals surface area (Å²) < 4.78 is 29.0. The highest BCUT2D eigenvalue weighted by molar-refractivity contribution is 7.92. The van der Waals surface area contributed by atoms with Gasteiger partial charge >= 0.3 is 0 Å². The van der Waals surface area contributed by atoms with Crippen LogP contribution in [0.5, 0.6) is 0 Å². The van der Waals surface area contributed by atoms with E-state index in [1.54, 1.807) is 25.1 Å². The lowest BCUT2D eigenvalue weighted by Crippen LogP contribution is -2.53. The zero-order valence-corrected chi connectivity index (χ0v) is 26.2. The van der Waals surface area contributed by atoms with E-state index in [0.29, 0.717) is 11.6 Å². The topological polar surface area (TPSA) is 86.8 Å². The Labute approximate surface area is 263 Å². The highest BCUT2D eigenvalue weighted by Gasteiger charge is 2.35. The van der Waals surface area contributed by atoms with E-state index < -0.39 is 28.5 Å². The molecule has 0 heterocycles. The molecule has 0 saturated heterocycles. The van der Waals surface area contributed by atoms with Gasteiger partial charge in [-0.3, -0.25) is 13.9 Å². The molecular formula is C33H33Cl2N3O4S. The minimum atomic E-state index is -4.25. The summed E-state index contributed by atoms with van der Waals surface area (Å²) in [5.74, 6) is -0.909. The van der Waals surface area contributed by atoms with Crippen LogP contribution in [-0.4, -0.2) is 44.3 Å². The van der Waals surface area contributed by atoms with Crippen LogP contribution in [-0.2, 0) is 32.6 Å². The quantitative estimate of drug-likeness (QED) is 0.198. The van der Waals surface area contributed by atoms with Crippen LogP contribution in [0, 0.1) is 6.92 Å². The molecule has 4 aromatic carbocycles. The molecule has 1 atom stereocenters. The normalized spacial score (nSPS) is 11.9.